The molecular weight excluding hydrogens is 1030 g/mol. The van der Waals surface area contributed by atoms with Gasteiger partial charge in [-0.2, -0.15) is 0 Å². The van der Waals surface area contributed by atoms with Crippen LogP contribution in [0.15, 0.2) is 41.0 Å². The van der Waals surface area contributed by atoms with Crippen LogP contribution in [0.1, 0.15) is 0 Å². The van der Waals surface area contributed by atoms with Crippen molar-refractivity contribution in [2.45, 2.75) is 0 Å². The molecule has 0 aliphatic rings. The first-order chi connectivity index (χ1) is 13.4. The molecule has 0 unspecified atom stereocenters. The molecule has 3 heterocycles. The van der Waals surface area contributed by atoms with Gasteiger partial charge in [-0.15, -0.1) is 0 Å². The smallest absolute Gasteiger partial charge is 0.402 e. The minimum absolute atomic E-state index is 0.651. The third-order valence-electron chi connectivity index (χ3n) is 2.37. The molecule has 0 spiro atoms. The van der Waals surface area contributed by atoms with Gasteiger partial charge in [-0.1, -0.05) is 0 Å². The van der Waals surface area contributed by atoms with Gasteiger partial charge in [0.25, 0.3) is 0 Å². The van der Waals surface area contributed by atoms with Crippen molar-refractivity contribution in [2.24, 2.45) is 0 Å². The molecule has 9 nitrogen and oxygen atoms in total. The van der Waals surface area contributed by atoms with E-state index in [0.29, 0.717) is 13.8 Å². The van der Waals surface area contributed by atoms with Crippen molar-refractivity contribution in [3.8, 4) is 0 Å². The molecule has 0 aromatic carbocycles. The second kappa shape index (κ2) is 11.7. The predicted octanol–water partition coefficient (Wildman–Crippen LogP) is 5.39. The van der Waals surface area contributed by atoms with Crippen LogP contribution in [0.2, 0.25) is 0 Å². The molecule has 3 aromatic heterocycles. The quantitative estimate of drug-likeness (QED) is 0.304. The molecule has 0 atom stereocenters. The summed E-state index contributed by atoms with van der Waals surface area (Å²) in [6.45, 7) is 0. The van der Waals surface area contributed by atoms with Crippen LogP contribution in [0.5, 0.6) is 0 Å². The van der Waals surface area contributed by atoms with Crippen molar-refractivity contribution in [2.75, 3.05) is 0 Å². The molecule has 0 amide bonds. The number of hydrogen-bond acceptors (Lipinski definition) is 6. The first-order valence-electron chi connectivity index (χ1n) is 6.32. The zero-order valence-corrected chi connectivity index (χ0v) is 28.0. The van der Waals surface area contributed by atoms with Crippen molar-refractivity contribution < 1.29 is 29.6 Å². The summed E-state index contributed by atoms with van der Waals surface area (Å²) < 4.78 is 11.7. The Morgan fingerprint density at radius 2 is 0.759 bits per heavy atom. The molecule has 164 valence electrons. The van der Waals surface area contributed by atoms with Crippen LogP contribution >= 0.6 is 143 Å². The summed E-state index contributed by atoms with van der Waals surface area (Å²) in [5, 5.41) is 35.1. The fourth-order valence-electron chi connectivity index (χ4n) is 1.35. The molecular formula is C9H3BBr9CuN6O3. The van der Waals surface area contributed by atoms with Gasteiger partial charge in [-0.3, -0.25) is 0 Å². The van der Waals surface area contributed by atoms with Gasteiger partial charge >= 0.3 is 233 Å². The van der Waals surface area contributed by atoms with Gasteiger partial charge < -0.3 is 15.1 Å². The van der Waals surface area contributed by atoms with Crippen LogP contribution in [0.3, 0.4) is 0 Å². The van der Waals surface area contributed by atoms with Crippen LogP contribution in [0.4, 0.5) is 0 Å². The van der Waals surface area contributed by atoms with E-state index in [2.05, 4.69) is 159 Å². The Kier molecular flexibility index (Phi) is 11.2. The summed E-state index contributed by atoms with van der Waals surface area (Å²) in [6, 6.07) is 0. The largest absolute Gasteiger partial charge is 0.631 e. The molecule has 0 fully saturated rings. The number of halogens is 9. The summed E-state index contributed by atoms with van der Waals surface area (Å²) >= 11 is 30.6. The molecule has 3 aromatic rings. The molecule has 0 saturated carbocycles. The summed E-state index contributed by atoms with van der Waals surface area (Å²) in [4.78, 5) is 0. The average molecular weight is 1040 g/mol. The zero-order valence-electron chi connectivity index (χ0n) is 12.8. The van der Waals surface area contributed by atoms with E-state index in [4.69, 9.17) is 15.1 Å². The van der Waals surface area contributed by atoms with Crippen molar-refractivity contribution in [1.29, 1.82) is 0 Å². The molecule has 29 heavy (non-hydrogen) atoms. The van der Waals surface area contributed by atoms with Gasteiger partial charge in [0, 0.05) is 0 Å². The second-order valence-corrected chi connectivity index (χ2v) is 12.8. The molecule has 20 heteroatoms. The maximum absolute atomic E-state index is 7.17. The number of aromatic nitrogens is 6. The standard InChI is InChI=1S/3C3Br3N2.BH3O3.Cu/c3*4-1-2(5)7-8-3(1)6;2-1(3)4;/h;;;2-4H;/q3*-1;;+3. The normalized spacial score (nSPS) is 11.4. The van der Waals surface area contributed by atoms with E-state index in [1.807, 2.05) is 0 Å². The summed E-state index contributed by atoms with van der Waals surface area (Å²) in [5.74, 6) is 0. The molecule has 0 saturated heterocycles. The maximum Gasteiger partial charge on any atom is 0.631 e. The Bertz CT molecular complexity index is 915. The third-order valence-corrected chi connectivity index (χ3v) is 14.4. The molecule has 0 bridgehead atoms. The van der Waals surface area contributed by atoms with Gasteiger partial charge in [-0.25, -0.2) is 0 Å². The Labute approximate surface area is 244 Å². The number of rotatable bonds is 3. The predicted molar refractivity (Wildman–Crippen MR) is 135 cm³/mol. The maximum atomic E-state index is 7.17. The van der Waals surface area contributed by atoms with E-state index in [-0.39, 0.29) is 0 Å². The van der Waals surface area contributed by atoms with Gasteiger partial charge in [0.15, 0.2) is 0 Å². The van der Waals surface area contributed by atoms with Gasteiger partial charge in [0.2, 0.25) is 0 Å². The third kappa shape index (κ3) is 6.30. The van der Waals surface area contributed by atoms with Crippen LogP contribution < -0.4 is 0 Å². The minimum Gasteiger partial charge on any atom is -0.402 e. The van der Waals surface area contributed by atoms with E-state index >= 15 is 0 Å². The van der Waals surface area contributed by atoms with E-state index in [1.165, 1.54) is 0 Å². The van der Waals surface area contributed by atoms with E-state index in [1.54, 1.807) is 11.1 Å². The van der Waals surface area contributed by atoms with Gasteiger partial charge in [0.1, 0.15) is 0 Å². The van der Waals surface area contributed by atoms with Crippen molar-refractivity contribution in [3.05, 3.63) is 41.0 Å². The molecule has 3 rings (SSSR count). The van der Waals surface area contributed by atoms with Crippen molar-refractivity contribution in [1.82, 2.24) is 26.4 Å². The van der Waals surface area contributed by atoms with Crippen LogP contribution in [-0.2, 0) is 14.6 Å². The molecule has 3 N–H and O–H groups in total. The van der Waals surface area contributed by atoms with E-state index in [0.717, 1.165) is 27.2 Å². The SMILES string of the molecule is Brc1n[n]([Cu]([n]2nc(Br)c(Br)c2Br)[n]2nc(Br)c(Br)c2Br)c(Br)c1Br.OB(O)O. The topological polar surface area (TPSA) is 114 Å². The first-order valence-corrected chi connectivity index (χ1v) is 14.7. The van der Waals surface area contributed by atoms with Crippen LogP contribution in [0, 0.1) is 0 Å². The second-order valence-electron chi connectivity index (χ2n) is 4.20. The van der Waals surface area contributed by atoms with E-state index in [9.17, 15) is 0 Å². The summed E-state index contributed by atoms with van der Waals surface area (Å²) in [5.41, 5.74) is 0. The van der Waals surface area contributed by atoms with Gasteiger partial charge in [-0.05, 0) is 0 Å². The fraction of sp³-hybridized carbons (Fsp3) is 0. The van der Waals surface area contributed by atoms with E-state index < -0.39 is 21.9 Å². The van der Waals surface area contributed by atoms with Crippen molar-refractivity contribution >= 4 is 151 Å². The molecule has 0 radical (unpaired) electrons. The Balaban J connectivity index is 0.000000687. The van der Waals surface area contributed by atoms with Gasteiger partial charge in [0.05, 0.1) is 0 Å². The Morgan fingerprint density at radius 1 is 0.552 bits per heavy atom. The molecule has 0 aliphatic heterocycles. The first kappa shape index (κ1) is 27.7. The monoisotopic (exact) mass is 1030 g/mol. The molecule has 0 aliphatic carbocycles. The fourth-order valence-corrected chi connectivity index (χ4v) is 8.45. The van der Waals surface area contributed by atoms with Crippen molar-refractivity contribution in [3.63, 3.8) is 0 Å². The number of hydrogen-bond donors (Lipinski definition) is 3. The van der Waals surface area contributed by atoms with Crippen LogP contribution in [0.25, 0.3) is 0 Å². The number of nitrogens with zero attached hydrogens (tertiary/aromatic N) is 6. The Hall–Kier alpha value is 2.41. The minimum atomic E-state index is -2.17. The summed E-state index contributed by atoms with van der Waals surface area (Å²) in [7, 11) is -2.17. The summed E-state index contributed by atoms with van der Waals surface area (Å²) in [6.07, 6.45) is 0. The zero-order chi connectivity index (χ0) is 22.2. The Morgan fingerprint density at radius 3 is 0.897 bits per heavy atom. The average Bonchev–Trinajstić information content (AvgIpc) is 3.14. The van der Waals surface area contributed by atoms with Crippen LogP contribution in [-0.4, -0.2) is 48.8 Å².